The molecule has 29 heavy (non-hydrogen) atoms. The van der Waals surface area contributed by atoms with Crippen molar-refractivity contribution in [3.8, 4) is 0 Å². The third kappa shape index (κ3) is 5.04. The number of nitrogens with one attached hydrogen (secondary N) is 2. The Hall–Kier alpha value is -2.22. The van der Waals surface area contributed by atoms with E-state index in [2.05, 4.69) is 20.2 Å². The molecular weight excluding hydrogens is 370 g/mol. The summed E-state index contributed by atoms with van der Waals surface area (Å²) in [5.74, 6) is 0.559. The summed E-state index contributed by atoms with van der Waals surface area (Å²) in [5, 5.41) is 2.88. The average molecular weight is 402 g/mol. The maximum Gasteiger partial charge on any atom is 0.279 e. The van der Waals surface area contributed by atoms with Crippen LogP contribution in [0.15, 0.2) is 17.2 Å². The zero-order valence-electron chi connectivity index (χ0n) is 16.9. The standard InChI is InChI=1S/C21H31N5O3/c27-18(25-10-2-1-3-11-25)12-16-6-7-17(26(16)14-15-4-5-15)13-24-21(29)19-20(28)23-9-8-22-19/h8-9,15-17H,1-7,10-14H2,(H,23,28)(H,24,29)/t16-,17+/m1/s1. The van der Waals surface area contributed by atoms with Crippen LogP contribution in [0.25, 0.3) is 0 Å². The minimum atomic E-state index is -0.476. The van der Waals surface area contributed by atoms with Crippen molar-refractivity contribution < 1.29 is 9.59 Å². The third-order valence-electron chi connectivity index (χ3n) is 6.48. The Morgan fingerprint density at radius 3 is 2.59 bits per heavy atom. The molecule has 3 aliphatic rings. The number of piperidine rings is 1. The molecule has 0 radical (unpaired) electrons. The van der Waals surface area contributed by atoms with Crippen LogP contribution in [0.2, 0.25) is 0 Å². The first-order valence-corrected chi connectivity index (χ1v) is 11.0. The van der Waals surface area contributed by atoms with Crippen molar-refractivity contribution in [1.29, 1.82) is 0 Å². The molecule has 1 aromatic rings. The number of aromatic amines is 1. The number of hydrogen-bond donors (Lipinski definition) is 2. The Kier molecular flexibility index (Phi) is 6.28. The van der Waals surface area contributed by atoms with Gasteiger partial charge in [0, 0.05) is 57.1 Å². The van der Waals surface area contributed by atoms with Gasteiger partial charge in [-0.25, -0.2) is 4.98 Å². The number of aromatic nitrogens is 2. The number of hydrogen-bond acceptors (Lipinski definition) is 5. The topological polar surface area (TPSA) is 98.4 Å². The smallest absolute Gasteiger partial charge is 0.279 e. The van der Waals surface area contributed by atoms with E-state index in [1.807, 2.05) is 4.90 Å². The number of likely N-dealkylation sites (tertiary alicyclic amines) is 2. The van der Waals surface area contributed by atoms with Crippen LogP contribution in [0.1, 0.15) is 61.9 Å². The minimum absolute atomic E-state index is 0.101. The van der Waals surface area contributed by atoms with Gasteiger partial charge in [-0.3, -0.25) is 19.3 Å². The van der Waals surface area contributed by atoms with E-state index in [4.69, 9.17) is 0 Å². The molecule has 2 atom stereocenters. The highest BCUT2D eigenvalue weighted by Crippen LogP contribution is 2.35. The van der Waals surface area contributed by atoms with Crippen molar-refractivity contribution in [1.82, 2.24) is 25.1 Å². The molecule has 1 aromatic heterocycles. The van der Waals surface area contributed by atoms with Gasteiger partial charge in [-0.05, 0) is 50.9 Å². The molecule has 4 rings (SSSR count). The van der Waals surface area contributed by atoms with Crippen LogP contribution in [-0.2, 0) is 4.79 Å². The molecule has 0 aromatic carbocycles. The SMILES string of the molecule is O=C(NC[C@@H]1CC[C@H](CC(=O)N2CCCCC2)N1CC1CC1)c1ncc[nH]c1=O. The number of carbonyl (C=O) groups is 2. The zero-order chi connectivity index (χ0) is 20.2. The monoisotopic (exact) mass is 401 g/mol. The maximum atomic E-state index is 12.8. The van der Waals surface area contributed by atoms with Gasteiger partial charge in [0.2, 0.25) is 5.91 Å². The van der Waals surface area contributed by atoms with Gasteiger partial charge in [0.1, 0.15) is 0 Å². The van der Waals surface area contributed by atoms with Crippen LogP contribution in [0.5, 0.6) is 0 Å². The largest absolute Gasteiger partial charge is 0.349 e. The summed E-state index contributed by atoms with van der Waals surface area (Å²) in [5.41, 5.74) is -0.577. The van der Waals surface area contributed by atoms with Crippen molar-refractivity contribution in [3.05, 3.63) is 28.4 Å². The Bertz CT molecular complexity index is 785. The van der Waals surface area contributed by atoms with E-state index in [0.29, 0.717) is 13.0 Å². The second-order valence-electron chi connectivity index (χ2n) is 8.65. The molecule has 0 unspecified atom stereocenters. The van der Waals surface area contributed by atoms with Crippen molar-refractivity contribution >= 4 is 11.8 Å². The Morgan fingerprint density at radius 2 is 1.86 bits per heavy atom. The predicted molar refractivity (Wildman–Crippen MR) is 108 cm³/mol. The number of rotatable bonds is 7. The average Bonchev–Trinajstić information content (AvgIpc) is 3.49. The molecular formula is C21H31N5O3. The van der Waals surface area contributed by atoms with E-state index in [-0.39, 0.29) is 23.7 Å². The first-order valence-electron chi connectivity index (χ1n) is 11.0. The van der Waals surface area contributed by atoms with Gasteiger partial charge in [-0.15, -0.1) is 0 Å². The van der Waals surface area contributed by atoms with E-state index in [1.54, 1.807) is 0 Å². The minimum Gasteiger partial charge on any atom is -0.349 e. The van der Waals surface area contributed by atoms with Gasteiger partial charge in [-0.2, -0.15) is 0 Å². The lowest BCUT2D eigenvalue weighted by molar-refractivity contribution is -0.133. The van der Waals surface area contributed by atoms with Crippen LogP contribution < -0.4 is 10.9 Å². The number of amides is 2. The second-order valence-corrected chi connectivity index (χ2v) is 8.65. The van der Waals surface area contributed by atoms with E-state index in [0.717, 1.165) is 51.2 Å². The molecule has 8 nitrogen and oxygen atoms in total. The lowest BCUT2D eigenvalue weighted by Crippen LogP contribution is -2.46. The van der Waals surface area contributed by atoms with Gasteiger partial charge in [0.05, 0.1) is 0 Å². The number of nitrogens with zero attached hydrogens (tertiary/aromatic N) is 3. The summed E-state index contributed by atoms with van der Waals surface area (Å²) in [4.78, 5) is 47.7. The summed E-state index contributed by atoms with van der Waals surface area (Å²) in [6.07, 6.45) is 11.3. The van der Waals surface area contributed by atoms with E-state index >= 15 is 0 Å². The molecule has 0 bridgehead atoms. The van der Waals surface area contributed by atoms with Gasteiger partial charge < -0.3 is 15.2 Å². The van der Waals surface area contributed by atoms with Crippen LogP contribution in [0, 0.1) is 5.92 Å². The van der Waals surface area contributed by atoms with Gasteiger partial charge in [0.25, 0.3) is 11.5 Å². The van der Waals surface area contributed by atoms with Crippen LogP contribution in [-0.4, -0.2) is 69.8 Å². The molecule has 1 saturated carbocycles. The Labute approximate surface area is 171 Å². The lowest BCUT2D eigenvalue weighted by atomic mass is 10.1. The van der Waals surface area contributed by atoms with E-state index < -0.39 is 11.5 Å². The molecule has 3 fully saturated rings. The predicted octanol–water partition coefficient (Wildman–Crippen LogP) is 1.15. The molecule has 2 N–H and O–H groups in total. The Balaban J connectivity index is 1.35. The summed E-state index contributed by atoms with van der Waals surface area (Å²) < 4.78 is 0. The van der Waals surface area contributed by atoms with Crippen LogP contribution in [0.4, 0.5) is 0 Å². The number of carbonyl (C=O) groups excluding carboxylic acids is 2. The molecule has 1 aliphatic carbocycles. The van der Waals surface area contributed by atoms with E-state index in [1.165, 1.54) is 31.7 Å². The molecule has 8 heteroatoms. The van der Waals surface area contributed by atoms with Crippen LogP contribution in [0.3, 0.4) is 0 Å². The van der Waals surface area contributed by atoms with Crippen molar-refractivity contribution in [2.45, 2.75) is 63.5 Å². The molecule has 2 saturated heterocycles. The van der Waals surface area contributed by atoms with Crippen molar-refractivity contribution in [2.75, 3.05) is 26.2 Å². The summed E-state index contributed by atoms with van der Waals surface area (Å²) in [6, 6.07) is 0.465. The second kappa shape index (κ2) is 9.07. The fourth-order valence-corrected chi connectivity index (χ4v) is 4.63. The highest BCUT2D eigenvalue weighted by Gasteiger charge is 2.38. The molecule has 2 aliphatic heterocycles. The zero-order valence-corrected chi connectivity index (χ0v) is 16.9. The van der Waals surface area contributed by atoms with Crippen LogP contribution >= 0.6 is 0 Å². The first kappa shape index (κ1) is 20.1. The Morgan fingerprint density at radius 1 is 1.10 bits per heavy atom. The molecule has 158 valence electrons. The highest BCUT2D eigenvalue weighted by molar-refractivity contribution is 5.91. The lowest BCUT2D eigenvalue weighted by Gasteiger charge is -2.33. The summed E-state index contributed by atoms with van der Waals surface area (Å²) in [6.45, 7) is 3.27. The molecule has 2 amide bonds. The van der Waals surface area contributed by atoms with Gasteiger partial charge >= 0.3 is 0 Å². The van der Waals surface area contributed by atoms with Gasteiger partial charge in [-0.1, -0.05) is 0 Å². The highest BCUT2D eigenvalue weighted by atomic mass is 16.2. The van der Waals surface area contributed by atoms with Crippen molar-refractivity contribution in [3.63, 3.8) is 0 Å². The molecule has 3 heterocycles. The van der Waals surface area contributed by atoms with Crippen molar-refractivity contribution in [2.24, 2.45) is 5.92 Å². The maximum absolute atomic E-state index is 12.8. The normalized spacial score (nSPS) is 25.2. The van der Waals surface area contributed by atoms with Gasteiger partial charge in [0.15, 0.2) is 5.69 Å². The number of H-pyrrole nitrogens is 1. The van der Waals surface area contributed by atoms with E-state index in [9.17, 15) is 14.4 Å². The fourth-order valence-electron chi connectivity index (χ4n) is 4.63. The molecule has 0 spiro atoms. The fraction of sp³-hybridized carbons (Fsp3) is 0.714. The third-order valence-corrected chi connectivity index (χ3v) is 6.48. The summed E-state index contributed by atoms with van der Waals surface area (Å²) in [7, 11) is 0. The summed E-state index contributed by atoms with van der Waals surface area (Å²) >= 11 is 0. The quantitative estimate of drug-likeness (QED) is 0.714. The first-order chi connectivity index (χ1) is 14.1.